The van der Waals surface area contributed by atoms with Gasteiger partial charge in [0.1, 0.15) is 0 Å². The molecule has 1 amide bonds. The Morgan fingerprint density at radius 1 is 1.17 bits per heavy atom. The van der Waals surface area contributed by atoms with Crippen LogP contribution in [0.15, 0.2) is 65.5 Å². The van der Waals surface area contributed by atoms with Crippen molar-refractivity contribution in [3.8, 4) is 11.3 Å². The lowest BCUT2D eigenvalue weighted by Crippen LogP contribution is -2.41. The van der Waals surface area contributed by atoms with Crippen LogP contribution < -0.4 is 16.6 Å². The summed E-state index contributed by atoms with van der Waals surface area (Å²) in [7, 11) is 1.59. The molecule has 7 nitrogen and oxygen atoms in total. The van der Waals surface area contributed by atoms with Crippen molar-refractivity contribution >= 4 is 17.5 Å². The van der Waals surface area contributed by atoms with Crippen LogP contribution in [-0.4, -0.2) is 42.5 Å². The van der Waals surface area contributed by atoms with E-state index in [1.54, 1.807) is 36.1 Å². The zero-order valence-corrected chi connectivity index (χ0v) is 20.6. The van der Waals surface area contributed by atoms with Crippen molar-refractivity contribution in [2.75, 3.05) is 26.8 Å². The van der Waals surface area contributed by atoms with Crippen molar-refractivity contribution in [3.05, 3.63) is 87.2 Å². The second-order valence-corrected chi connectivity index (χ2v) is 9.49. The van der Waals surface area contributed by atoms with Crippen LogP contribution in [0.25, 0.3) is 11.3 Å². The minimum absolute atomic E-state index is 0.0122. The number of amides is 1. The Bertz CT molecular complexity index is 1230. The molecule has 1 aromatic heterocycles. The molecule has 3 aromatic rings. The Balaban J connectivity index is 1.54. The summed E-state index contributed by atoms with van der Waals surface area (Å²) in [6.45, 7) is 1.41. The number of aromatic nitrogens is 2. The smallest absolute Gasteiger partial charge is 0.267 e. The van der Waals surface area contributed by atoms with Gasteiger partial charge in [0.05, 0.1) is 18.3 Å². The summed E-state index contributed by atoms with van der Waals surface area (Å²) in [6.07, 6.45) is 3.29. The van der Waals surface area contributed by atoms with Gasteiger partial charge >= 0.3 is 0 Å². The lowest BCUT2D eigenvalue weighted by atomic mass is 9.68. The van der Waals surface area contributed by atoms with Gasteiger partial charge < -0.3 is 15.8 Å². The quantitative estimate of drug-likeness (QED) is 0.462. The predicted octanol–water partition coefficient (Wildman–Crippen LogP) is 3.95. The molecule has 0 unspecified atom stereocenters. The standard InChI is InChI=1S/C27H31ClN4O3/c1-35-15-14-30-26(34)20-5-2-4-19(16-20)24-8-9-25(33)32(31-24)23-10-12-27(18-29,13-11-23)21-6-3-7-22(28)17-21/h2-9,16-17,23H,10-15,18,29H2,1H3,(H,30,34)/t23-,27-. The summed E-state index contributed by atoms with van der Waals surface area (Å²) >= 11 is 6.24. The van der Waals surface area contributed by atoms with E-state index in [1.165, 1.54) is 0 Å². The maximum absolute atomic E-state index is 12.8. The third-order valence-corrected chi connectivity index (χ3v) is 7.16. The third-order valence-electron chi connectivity index (χ3n) is 6.92. The molecule has 1 heterocycles. The number of hydrogen-bond donors (Lipinski definition) is 2. The molecule has 4 rings (SSSR count). The summed E-state index contributed by atoms with van der Waals surface area (Å²) in [6, 6.07) is 18.4. The number of benzene rings is 2. The highest BCUT2D eigenvalue weighted by Gasteiger charge is 2.37. The fourth-order valence-electron chi connectivity index (χ4n) is 4.86. The lowest BCUT2D eigenvalue weighted by Gasteiger charge is -2.40. The third kappa shape index (κ3) is 5.64. The van der Waals surface area contributed by atoms with E-state index in [4.69, 9.17) is 27.2 Å². The molecule has 1 aliphatic carbocycles. The molecular weight excluding hydrogens is 464 g/mol. The fourth-order valence-corrected chi connectivity index (χ4v) is 5.05. The number of methoxy groups -OCH3 is 1. The van der Waals surface area contributed by atoms with Crippen LogP contribution >= 0.6 is 11.6 Å². The zero-order valence-electron chi connectivity index (χ0n) is 19.9. The van der Waals surface area contributed by atoms with Gasteiger partial charge in [0.25, 0.3) is 11.5 Å². The Kier molecular flexibility index (Phi) is 8.00. The van der Waals surface area contributed by atoms with Crippen LogP contribution in [0.1, 0.15) is 47.6 Å². The van der Waals surface area contributed by atoms with Crippen molar-refractivity contribution in [1.29, 1.82) is 0 Å². The van der Waals surface area contributed by atoms with Gasteiger partial charge in [-0.2, -0.15) is 5.10 Å². The van der Waals surface area contributed by atoms with Crippen LogP contribution in [0.2, 0.25) is 5.02 Å². The summed E-state index contributed by atoms with van der Waals surface area (Å²) < 4.78 is 6.58. The van der Waals surface area contributed by atoms with Gasteiger partial charge in [-0.25, -0.2) is 4.68 Å². The van der Waals surface area contributed by atoms with E-state index in [0.29, 0.717) is 36.0 Å². The fraction of sp³-hybridized carbons (Fsp3) is 0.370. The number of nitrogens with one attached hydrogen (secondary N) is 1. The number of ether oxygens (including phenoxy) is 1. The topological polar surface area (TPSA) is 99.2 Å². The van der Waals surface area contributed by atoms with Gasteiger partial charge in [-0.1, -0.05) is 35.9 Å². The highest BCUT2D eigenvalue weighted by Crippen LogP contribution is 2.42. The average Bonchev–Trinajstić information content (AvgIpc) is 2.89. The molecule has 184 valence electrons. The maximum Gasteiger partial charge on any atom is 0.267 e. The highest BCUT2D eigenvalue weighted by atomic mass is 35.5. The Labute approximate surface area is 210 Å². The van der Waals surface area contributed by atoms with Crippen LogP contribution in [0.5, 0.6) is 0 Å². The first-order valence-corrected chi connectivity index (χ1v) is 12.3. The molecule has 0 atom stereocenters. The number of halogens is 1. The second-order valence-electron chi connectivity index (χ2n) is 9.06. The van der Waals surface area contributed by atoms with Gasteiger partial charge in [0.2, 0.25) is 0 Å². The molecule has 35 heavy (non-hydrogen) atoms. The molecule has 2 aromatic carbocycles. The molecule has 0 saturated heterocycles. The molecule has 0 radical (unpaired) electrons. The van der Waals surface area contributed by atoms with Gasteiger partial charge in [0, 0.05) is 47.8 Å². The summed E-state index contributed by atoms with van der Waals surface area (Å²) in [5, 5.41) is 8.23. The number of carbonyl (C=O) groups is 1. The Morgan fingerprint density at radius 3 is 2.66 bits per heavy atom. The van der Waals surface area contributed by atoms with Crippen LogP contribution in [0.3, 0.4) is 0 Å². The first kappa shape index (κ1) is 25.1. The predicted molar refractivity (Wildman–Crippen MR) is 138 cm³/mol. The van der Waals surface area contributed by atoms with Gasteiger partial charge in [0.15, 0.2) is 0 Å². The van der Waals surface area contributed by atoms with Crippen molar-refractivity contribution in [3.63, 3.8) is 0 Å². The zero-order chi connectivity index (χ0) is 24.8. The minimum Gasteiger partial charge on any atom is -0.383 e. The number of nitrogens with two attached hydrogens (primary N) is 1. The normalized spacial score (nSPS) is 19.9. The van der Waals surface area contributed by atoms with Gasteiger partial charge in [-0.05, 0) is 61.6 Å². The van der Waals surface area contributed by atoms with Crippen LogP contribution in [-0.2, 0) is 10.2 Å². The van der Waals surface area contributed by atoms with Crippen molar-refractivity contribution in [2.45, 2.75) is 37.1 Å². The summed E-state index contributed by atoms with van der Waals surface area (Å²) in [5.41, 5.74) is 9.09. The summed E-state index contributed by atoms with van der Waals surface area (Å²) in [5.74, 6) is -0.177. The van der Waals surface area contributed by atoms with E-state index in [9.17, 15) is 9.59 Å². The maximum atomic E-state index is 12.8. The Hall–Kier alpha value is -3.00. The lowest BCUT2D eigenvalue weighted by molar-refractivity contribution is 0.0937. The molecule has 0 bridgehead atoms. The van der Waals surface area contributed by atoms with Gasteiger partial charge in [-0.3, -0.25) is 9.59 Å². The van der Waals surface area contributed by atoms with Crippen molar-refractivity contribution in [2.24, 2.45) is 5.73 Å². The van der Waals surface area contributed by atoms with E-state index >= 15 is 0 Å². The SMILES string of the molecule is COCCNC(=O)c1cccc(-c2ccc(=O)n([C@H]3CC[C@](CN)(c4cccc(Cl)c4)CC3)n2)c1. The molecule has 1 fully saturated rings. The monoisotopic (exact) mass is 494 g/mol. The van der Waals surface area contributed by atoms with Crippen molar-refractivity contribution in [1.82, 2.24) is 15.1 Å². The molecule has 0 spiro atoms. The Morgan fingerprint density at radius 2 is 1.94 bits per heavy atom. The van der Waals surface area contributed by atoms with E-state index in [2.05, 4.69) is 11.4 Å². The first-order valence-electron chi connectivity index (χ1n) is 11.9. The van der Waals surface area contributed by atoms with E-state index in [1.807, 2.05) is 30.3 Å². The van der Waals surface area contributed by atoms with E-state index in [-0.39, 0.29) is 22.9 Å². The molecule has 8 heteroatoms. The molecule has 1 saturated carbocycles. The van der Waals surface area contributed by atoms with E-state index in [0.717, 1.165) is 36.8 Å². The van der Waals surface area contributed by atoms with Crippen LogP contribution in [0, 0.1) is 0 Å². The number of nitrogens with zero attached hydrogens (tertiary/aromatic N) is 2. The first-order chi connectivity index (χ1) is 17.0. The van der Waals surface area contributed by atoms with Crippen molar-refractivity contribution < 1.29 is 9.53 Å². The molecule has 0 aliphatic heterocycles. The highest BCUT2D eigenvalue weighted by molar-refractivity contribution is 6.30. The minimum atomic E-state index is -0.177. The number of carbonyl (C=O) groups excluding carboxylic acids is 1. The molecule has 3 N–H and O–H groups in total. The largest absolute Gasteiger partial charge is 0.383 e. The second kappa shape index (κ2) is 11.2. The number of hydrogen-bond acceptors (Lipinski definition) is 5. The summed E-state index contributed by atoms with van der Waals surface area (Å²) in [4.78, 5) is 25.2. The van der Waals surface area contributed by atoms with Crippen LogP contribution in [0.4, 0.5) is 0 Å². The molecule has 1 aliphatic rings. The number of rotatable bonds is 8. The van der Waals surface area contributed by atoms with E-state index < -0.39 is 0 Å². The average molecular weight is 495 g/mol. The molecular formula is C27H31ClN4O3. The van der Waals surface area contributed by atoms with Gasteiger partial charge in [-0.15, -0.1) is 0 Å².